The van der Waals surface area contributed by atoms with E-state index in [0.29, 0.717) is 10.7 Å². The lowest BCUT2D eigenvalue weighted by Crippen LogP contribution is -2.06. The lowest BCUT2D eigenvalue weighted by atomic mass is 10.2. The van der Waals surface area contributed by atoms with Gasteiger partial charge in [0, 0.05) is 23.7 Å². The molecule has 0 bridgehead atoms. The SMILES string of the molecule is CC(Nc1cc([N+](=O)[O-])ccc1Cl)c1nccs1. The van der Waals surface area contributed by atoms with Gasteiger partial charge in [-0.2, -0.15) is 0 Å². The summed E-state index contributed by atoms with van der Waals surface area (Å²) < 4.78 is 0. The van der Waals surface area contributed by atoms with Crippen LogP contribution in [0.3, 0.4) is 0 Å². The molecule has 0 aliphatic heterocycles. The van der Waals surface area contributed by atoms with Crippen molar-refractivity contribution >= 4 is 34.3 Å². The molecule has 1 aromatic heterocycles. The van der Waals surface area contributed by atoms with Crippen molar-refractivity contribution in [2.24, 2.45) is 0 Å². The van der Waals surface area contributed by atoms with Crippen LogP contribution < -0.4 is 5.32 Å². The van der Waals surface area contributed by atoms with Gasteiger partial charge in [0.25, 0.3) is 5.69 Å². The van der Waals surface area contributed by atoms with Crippen molar-refractivity contribution in [1.29, 1.82) is 0 Å². The van der Waals surface area contributed by atoms with E-state index < -0.39 is 4.92 Å². The number of nitrogens with zero attached hydrogens (tertiary/aromatic N) is 2. The molecule has 0 radical (unpaired) electrons. The third kappa shape index (κ3) is 2.77. The van der Waals surface area contributed by atoms with Gasteiger partial charge in [-0.1, -0.05) is 11.6 Å². The molecule has 2 aromatic rings. The second kappa shape index (κ2) is 5.32. The Balaban J connectivity index is 2.23. The van der Waals surface area contributed by atoms with Gasteiger partial charge in [0.15, 0.2) is 0 Å². The molecule has 0 saturated carbocycles. The molecule has 5 nitrogen and oxygen atoms in total. The summed E-state index contributed by atoms with van der Waals surface area (Å²) in [5.41, 5.74) is 0.543. The van der Waals surface area contributed by atoms with E-state index >= 15 is 0 Å². The third-order valence-electron chi connectivity index (χ3n) is 2.35. The Kier molecular flexibility index (Phi) is 3.78. The topological polar surface area (TPSA) is 68.1 Å². The van der Waals surface area contributed by atoms with Gasteiger partial charge in [-0.3, -0.25) is 10.1 Å². The van der Waals surface area contributed by atoms with E-state index in [-0.39, 0.29) is 11.7 Å². The number of halogens is 1. The number of anilines is 1. The molecular formula is C11H10ClN3O2S. The molecule has 1 aromatic carbocycles. The fourth-order valence-corrected chi connectivity index (χ4v) is 2.30. The van der Waals surface area contributed by atoms with Gasteiger partial charge < -0.3 is 5.32 Å². The number of hydrogen-bond acceptors (Lipinski definition) is 5. The normalized spacial score (nSPS) is 12.1. The van der Waals surface area contributed by atoms with Gasteiger partial charge in [0.05, 0.1) is 21.7 Å². The minimum atomic E-state index is -0.449. The number of nitro benzene ring substituents is 1. The fourth-order valence-electron chi connectivity index (χ4n) is 1.48. The van der Waals surface area contributed by atoms with E-state index in [1.54, 1.807) is 6.20 Å². The molecule has 0 saturated heterocycles. The number of nitrogens with one attached hydrogen (secondary N) is 1. The molecule has 1 N–H and O–H groups in total. The molecule has 0 aliphatic carbocycles. The zero-order chi connectivity index (χ0) is 13.1. The Labute approximate surface area is 113 Å². The monoisotopic (exact) mass is 283 g/mol. The fraction of sp³-hybridized carbons (Fsp3) is 0.182. The van der Waals surface area contributed by atoms with Crippen LogP contribution >= 0.6 is 22.9 Å². The Bertz CT molecular complexity index is 559. The Morgan fingerprint density at radius 3 is 2.94 bits per heavy atom. The van der Waals surface area contributed by atoms with E-state index in [9.17, 15) is 10.1 Å². The summed E-state index contributed by atoms with van der Waals surface area (Å²) in [5, 5.41) is 17.0. The molecule has 0 amide bonds. The van der Waals surface area contributed by atoms with Crippen molar-refractivity contribution in [3.63, 3.8) is 0 Å². The summed E-state index contributed by atoms with van der Waals surface area (Å²) in [6, 6.07) is 4.26. The van der Waals surface area contributed by atoms with Gasteiger partial charge in [0.1, 0.15) is 5.01 Å². The highest BCUT2D eigenvalue weighted by atomic mass is 35.5. The summed E-state index contributed by atoms with van der Waals surface area (Å²) in [6.45, 7) is 1.92. The van der Waals surface area contributed by atoms with Crippen molar-refractivity contribution in [2.45, 2.75) is 13.0 Å². The van der Waals surface area contributed by atoms with Crippen LogP contribution in [0.4, 0.5) is 11.4 Å². The molecule has 0 aliphatic rings. The molecule has 94 valence electrons. The maximum atomic E-state index is 10.7. The maximum Gasteiger partial charge on any atom is 0.271 e. The van der Waals surface area contributed by atoms with E-state index in [4.69, 9.17) is 11.6 Å². The number of thiazole rings is 1. The van der Waals surface area contributed by atoms with Crippen LogP contribution in [0.25, 0.3) is 0 Å². The van der Waals surface area contributed by atoms with Crippen LogP contribution in [0.15, 0.2) is 29.8 Å². The van der Waals surface area contributed by atoms with Crippen LogP contribution in [-0.2, 0) is 0 Å². The smallest absolute Gasteiger partial charge is 0.271 e. The van der Waals surface area contributed by atoms with Gasteiger partial charge in [0.2, 0.25) is 0 Å². The average molecular weight is 284 g/mol. The van der Waals surface area contributed by atoms with E-state index in [2.05, 4.69) is 10.3 Å². The molecule has 1 heterocycles. The molecule has 1 atom stereocenters. The van der Waals surface area contributed by atoms with Gasteiger partial charge in [-0.25, -0.2) is 4.98 Å². The lowest BCUT2D eigenvalue weighted by molar-refractivity contribution is -0.384. The summed E-state index contributed by atoms with van der Waals surface area (Å²) in [7, 11) is 0. The van der Waals surface area contributed by atoms with Gasteiger partial charge in [-0.15, -0.1) is 11.3 Å². The first kappa shape index (κ1) is 12.8. The highest BCUT2D eigenvalue weighted by molar-refractivity contribution is 7.09. The van der Waals surface area contributed by atoms with Crippen LogP contribution in [-0.4, -0.2) is 9.91 Å². The number of aromatic nitrogens is 1. The van der Waals surface area contributed by atoms with Crippen molar-refractivity contribution in [3.8, 4) is 0 Å². The van der Waals surface area contributed by atoms with Gasteiger partial charge in [-0.05, 0) is 13.0 Å². The van der Waals surface area contributed by atoms with E-state index in [1.807, 2.05) is 12.3 Å². The zero-order valence-corrected chi connectivity index (χ0v) is 11.0. The summed E-state index contributed by atoms with van der Waals surface area (Å²) >= 11 is 7.52. The number of nitro groups is 1. The lowest BCUT2D eigenvalue weighted by Gasteiger charge is -2.13. The highest BCUT2D eigenvalue weighted by Crippen LogP contribution is 2.30. The van der Waals surface area contributed by atoms with Crippen molar-refractivity contribution in [3.05, 3.63) is 49.9 Å². The summed E-state index contributed by atoms with van der Waals surface area (Å²) in [6.07, 6.45) is 1.72. The molecule has 0 fully saturated rings. The number of rotatable bonds is 4. The maximum absolute atomic E-state index is 10.7. The predicted octanol–water partition coefficient (Wildman–Crippen LogP) is 3.88. The molecule has 7 heteroatoms. The first-order valence-corrected chi connectivity index (χ1v) is 6.43. The first-order valence-electron chi connectivity index (χ1n) is 5.18. The van der Waals surface area contributed by atoms with Crippen molar-refractivity contribution in [1.82, 2.24) is 4.98 Å². The molecule has 0 spiro atoms. The molecule has 2 rings (SSSR count). The van der Waals surface area contributed by atoms with Gasteiger partial charge >= 0.3 is 0 Å². The molecule has 1 unspecified atom stereocenters. The van der Waals surface area contributed by atoms with E-state index in [0.717, 1.165) is 5.01 Å². The van der Waals surface area contributed by atoms with E-state index in [1.165, 1.54) is 29.5 Å². The second-order valence-corrected chi connectivity index (χ2v) is 4.99. The van der Waals surface area contributed by atoms with Crippen molar-refractivity contribution in [2.75, 3.05) is 5.32 Å². The molecule has 18 heavy (non-hydrogen) atoms. The summed E-state index contributed by atoms with van der Waals surface area (Å²) in [4.78, 5) is 14.4. The second-order valence-electron chi connectivity index (χ2n) is 3.66. The predicted molar refractivity (Wildman–Crippen MR) is 72.3 cm³/mol. The number of hydrogen-bond donors (Lipinski definition) is 1. The minimum absolute atomic E-state index is 0.00763. The third-order valence-corrected chi connectivity index (χ3v) is 3.64. The van der Waals surface area contributed by atoms with Crippen molar-refractivity contribution < 1.29 is 4.92 Å². The standard InChI is InChI=1S/C11H10ClN3O2S/c1-7(11-13-4-5-18-11)14-10-6-8(15(16)17)2-3-9(10)12/h2-7,14H,1H3. The molecular weight excluding hydrogens is 274 g/mol. The largest absolute Gasteiger partial charge is 0.375 e. The zero-order valence-electron chi connectivity index (χ0n) is 9.46. The highest BCUT2D eigenvalue weighted by Gasteiger charge is 2.13. The van der Waals surface area contributed by atoms with Crippen LogP contribution in [0.1, 0.15) is 18.0 Å². The minimum Gasteiger partial charge on any atom is -0.375 e. The van der Waals surface area contributed by atoms with Crippen LogP contribution in [0.5, 0.6) is 0 Å². The average Bonchev–Trinajstić information content (AvgIpc) is 2.85. The quantitative estimate of drug-likeness (QED) is 0.683. The number of benzene rings is 1. The Morgan fingerprint density at radius 1 is 1.56 bits per heavy atom. The van der Waals surface area contributed by atoms with Crippen LogP contribution in [0, 0.1) is 10.1 Å². The van der Waals surface area contributed by atoms with Crippen LogP contribution in [0.2, 0.25) is 5.02 Å². The number of non-ortho nitro benzene ring substituents is 1. The summed E-state index contributed by atoms with van der Waals surface area (Å²) in [5.74, 6) is 0. The first-order chi connectivity index (χ1) is 8.58. The Hall–Kier alpha value is -1.66. The Morgan fingerprint density at radius 2 is 2.33 bits per heavy atom.